The molecule has 0 saturated heterocycles. The molecular formula is C26H35FN2O2. The summed E-state index contributed by atoms with van der Waals surface area (Å²) in [5, 5.41) is 2.93. The highest BCUT2D eigenvalue weighted by Gasteiger charge is 2.27. The lowest BCUT2D eigenvalue weighted by atomic mass is 10.00. The molecule has 0 aromatic heterocycles. The van der Waals surface area contributed by atoms with Crippen LogP contribution in [0.5, 0.6) is 0 Å². The van der Waals surface area contributed by atoms with E-state index in [2.05, 4.69) is 31.3 Å². The first-order chi connectivity index (χ1) is 14.7. The number of amides is 2. The van der Waals surface area contributed by atoms with Crippen LogP contribution in [0, 0.1) is 5.82 Å². The van der Waals surface area contributed by atoms with Crippen molar-refractivity contribution in [3.05, 3.63) is 71.0 Å². The number of hydrogen-bond acceptors (Lipinski definition) is 2. The van der Waals surface area contributed by atoms with Crippen molar-refractivity contribution in [3.63, 3.8) is 0 Å². The molecule has 0 fully saturated rings. The highest BCUT2D eigenvalue weighted by molar-refractivity contribution is 5.87. The van der Waals surface area contributed by atoms with Crippen LogP contribution in [-0.2, 0) is 22.6 Å². The average Bonchev–Trinajstić information content (AvgIpc) is 2.76. The lowest BCUT2D eigenvalue weighted by Crippen LogP contribution is -2.49. The number of carbonyl (C=O) groups is 2. The second-order valence-electron chi connectivity index (χ2n) is 8.50. The molecule has 2 rings (SSSR count). The minimum atomic E-state index is -0.690. The minimum Gasteiger partial charge on any atom is -0.352 e. The van der Waals surface area contributed by atoms with Crippen LogP contribution in [0.3, 0.4) is 0 Å². The minimum absolute atomic E-state index is 0.0137. The molecule has 2 aromatic rings. The Labute approximate surface area is 185 Å². The molecule has 0 aliphatic carbocycles. The Balaban J connectivity index is 2.14. The summed E-state index contributed by atoms with van der Waals surface area (Å²) in [6, 6.07) is 14.0. The average molecular weight is 427 g/mol. The van der Waals surface area contributed by atoms with Crippen LogP contribution < -0.4 is 5.32 Å². The van der Waals surface area contributed by atoms with Gasteiger partial charge in [0.25, 0.3) is 0 Å². The van der Waals surface area contributed by atoms with Crippen LogP contribution in [0.4, 0.5) is 4.39 Å². The quantitative estimate of drug-likeness (QED) is 0.567. The van der Waals surface area contributed by atoms with Crippen LogP contribution in [0.25, 0.3) is 0 Å². The van der Waals surface area contributed by atoms with E-state index in [1.165, 1.54) is 16.5 Å². The van der Waals surface area contributed by atoms with Gasteiger partial charge < -0.3 is 10.2 Å². The molecule has 5 heteroatoms. The van der Waals surface area contributed by atoms with Gasteiger partial charge in [-0.3, -0.25) is 9.59 Å². The van der Waals surface area contributed by atoms with E-state index in [1.54, 1.807) is 25.1 Å². The normalized spacial score (nSPS) is 13.0. The molecule has 0 heterocycles. The van der Waals surface area contributed by atoms with Crippen molar-refractivity contribution in [2.75, 3.05) is 0 Å². The maximum absolute atomic E-state index is 14.3. The van der Waals surface area contributed by atoms with Crippen molar-refractivity contribution in [2.24, 2.45) is 0 Å². The number of carbonyl (C=O) groups excluding carboxylic acids is 2. The summed E-state index contributed by atoms with van der Waals surface area (Å²) >= 11 is 0. The lowest BCUT2D eigenvalue weighted by Gasteiger charge is -2.30. The van der Waals surface area contributed by atoms with Crippen LogP contribution in [0.1, 0.15) is 70.1 Å². The van der Waals surface area contributed by atoms with Crippen molar-refractivity contribution in [2.45, 2.75) is 78.4 Å². The van der Waals surface area contributed by atoms with Crippen molar-refractivity contribution < 1.29 is 14.0 Å². The van der Waals surface area contributed by atoms with E-state index in [-0.39, 0.29) is 36.6 Å². The molecule has 2 atom stereocenters. The van der Waals surface area contributed by atoms with Crippen molar-refractivity contribution in [1.29, 1.82) is 0 Å². The van der Waals surface area contributed by atoms with Gasteiger partial charge in [0, 0.05) is 24.6 Å². The second kappa shape index (κ2) is 11.6. The number of rotatable bonds is 10. The fourth-order valence-corrected chi connectivity index (χ4v) is 3.32. The maximum Gasteiger partial charge on any atom is 0.242 e. The predicted molar refractivity (Wildman–Crippen MR) is 123 cm³/mol. The molecule has 2 amide bonds. The van der Waals surface area contributed by atoms with Gasteiger partial charge in [0.15, 0.2) is 0 Å². The summed E-state index contributed by atoms with van der Waals surface area (Å²) in [4.78, 5) is 27.3. The molecule has 0 radical (unpaired) electrons. The van der Waals surface area contributed by atoms with Gasteiger partial charge in [-0.2, -0.15) is 0 Å². The van der Waals surface area contributed by atoms with E-state index >= 15 is 0 Å². The number of aryl methyl sites for hydroxylation is 1. The molecule has 4 nitrogen and oxygen atoms in total. The van der Waals surface area contributed by atoms with E-state index in [9.17, 15) is 14.0 Å². The zero-order valence-corrected chi connectivity index (χ0v) is 19.3. The summed E-state index contributed by atoms with van der Waals surface area (Å²) in [6.07, 6.45) is 1.63. The van der Waals surface area contributed by atoms with Crippen molar-refractivity contribution >= 4 is 11.8 Å². The Morgan fingerprint density at radius 2 is 1.65 bits per heavy atom. The molecule has 0 saturated carbocycles. The molecule has 2 aromatic carbocycles. The highest BCUT2D eigenvalue weighted by atomic mass is 19.1. The first kappa shape index (κ1) is 24.6. The van der Waals surface area contributed by atoms with Crippen molar-refractivity contribution in [1.82, 2.24) is 10.2 Å². The topological polar surface area (TPSA) is 49.4 Å². The predicted octanol–water partition coefficient (Wildman–Crippen LogP) is 5.21. The van der Waals surface area contributed by atoms with Gasteiger partial charge in [-0.1, -0.05) is 63.2 Å². The fourth-order valence-electron chi connectivity index (χ4n) is 3.32. The SMILES string of the molecule is CC[C@H](C)NC(=O)[C@@H](C)N(Cc1ccccc1F)C(=O)CCc1ccc(C(C)C)cc1. The van der Waals surface area contributed by atoms with E-state index in [4.69, 9.17) is 0 Å². The van der Waals surface area contributed by atoms with E-state index in [0.717, 1.165) is 12.0 Å². The molecule has 1 N–H and O–H groups in total. The van der Waals surface area contributed by atoms with Gasteiger partial charge >= 0.3 is 0 Å². The molecule has 0 spiro atoms. The molecule has 0 aliphatic heterocycles. The third kappa shape index (κ3) is 7.20. The summed E-state index contributed by atoms with van der Waals surface area (Å²) in [5.74, 6) is -0.306. The molecule has 31 heavy (non-hydrogen) atoms. The Kier molecular flexibility index (Phi) is 9.22. The van der Waals surface area contributed by atoms with Crippen LogP contribution in [-0.4, -0.2) is 28.8 Å². The second-order valence-corrected chi connectivity index (χ2v) is 8.50. The molecule has 0 bridgehead atoms. The number of benzene rings is 2. The Morgan fingerprint density at radius 3 is 2.23 bits per heavy atom. The van der Waals surface area contributed by atoms with Crippen molar-refractivity contribution in [3.8, 4) is 0 Å². The highest BCUT2D eigenvalue weighted by Crippen LogP contribution is 2.18. The summed E-state index contributed by atoms with van der Waals surface area (Å²) in [5.41, 5.74) is 2.73. The Hall–Kier alpha value is -2.69. The van der Waals surface area contributed by atoms with E-state index in [0.29, 0.717) is 17.9 Å². The van der Waals surface area contributed by atoms with Crippen LogP contribution in [0.15, 0.2) is 48.5 Å². The molecule has 168 valence electrons. The Bertz CT molecular complexity index is 864. The summed E-state index contributed by atoms with van der Waals surface area (Å²) < 4.78 is 14.3. The maximum atomic E-state index is 14.3. The van der Waals surface area contributed by atoms with Gasteiger partial charge in [-0.15, -0.1) is 0 Å². The number of halogens is 1. The summed E-state index contributed by atoms with van der Waals surface area (Å²) in [7, 11) is 0. The third-order valence-corrected chi connectivity index (χ3v) is 5.74. The first-order valence-corrected chi connectivity index (χ1v) is 11.1. The monoisotopic (exact) mass is 426 g/mol. The number of nitrogens with zero attached hydrogens (tertiary/aromatic N) is 1. The standard InChI is InChI=1S/C26H35FN2O2/c1-6-19(4)28-26(31)20(5)29(17-23-9-7-8-10-24(23)27)25(30)16-13-21-11-14-22(15-12-21)18(2)3/h7-12,14-15,18-20H,6,13,16-17H2,1-5H3,(H,28,31)/t19-,20+/m0/s1. The number of nitrogens with one attached hydrogen (secondary N) is 1. The first-order valence-electron chi connectivity index (χ1n) is 11.1. The van der Waals surface area contributed by atoms with Gasteiger partial charge in [0.05, 0.1) is 0 Å². The van der Waals surface area contributed by atoms with Gasteiger partial charge in [-0.05, 0) is 49.8 Å². The van der Waals surface area contributed by atoms with E-state index in [1.807, 2.05) is 26.0 Å². The third-order valence-electron chi connectivity index (χ3n) is 5.74. The van der Waals surface area contributed by atoms with Crippen LogP contribution in [0.2, 0.25) is 0 Å². The van der Waals surface area contributed by atoms with Gasteiger partial charge in [0.1, 0.15) is 11.9 Å². The number of hydrogen-bond donors (Lipinski definition) is 1. The summed E-state index contributed by atoms with van der Waals surface area (Å²) in [6.45, 7) is 9.97. The van der Waals surface area contributed by atoms with Gasteiger partial charge in [0.2, 0.25) is 11.8 Å². The lowest BCUT2D eigenvalue weighted by molar-refractivity contribution is -0.140. The largest absolute Gasteiger partial charge is 0.352 e. The smallest absolute Gasteiger partial charge is 0.242 e. The molecule has 0 aliphatic rings. The fraction of sp³-hybridized carbons (Fsp3) is 0.462. The molecule has 0 unspecified atom stereocenters. The zero-order valence-electron chi connectivity index (χ0n) is 19.3. The van der Waals surface area contributed by atoms with Gasteiger partial charge in [-0.25, -0.2) is 4.39 Å². The van der Waals surface area contributed by atoms with Crippen LogP contribution >= 0.6 is 0 Å². The van der Waals surface area contributed by atoms with E-state index < -0.39 is 6.04 Å². The zero-order chi connectivity index (χ0) is 23.0. The Morgan fingerprint density at radius 1 is 1.00 bits per heavy atom. The molecular weight excluding hydrogens is 391 g/mol.